The van der Waals surface area contributed by atoms with Crippen molar-refractivity contribution in [2.75, 3.05) is 39.4 Å². The second-order valence-electron chi connectivity index (χ2n) is 4.80. The van der Waals surface area contributed by atoms with Gasteiger partial charge in [0.1, 0.15) is 0 Å². The highest BCUT2D eigenvalue weighted by molar-refractivity contribution is 5.79. The van der Waals surface area contributed by atoms with Crippen LogP contribution < -0.4 is 5.32 Å². The molecule has 0 aromatic rings. The van der Waals surface area contributed by atoms with Crippen molar-refractivity contribution < 1.29 is 9.53 Å². The van der Waals surface area contributed by atoms with E-state index in [2.05, 4.69) is 12.2 Å². The highest BCUT2D eigenvalue weighted by Crippen LogP contribution is 2.17. The first-order chi connectivity index (χ1) is 7.81. The van der Waals surface area contributed by atoms with Gasteiger partial charge in [0.05, 0.1) is 12.5 Å². The topological polar surface area (TPSA) is 41.6 Å². The summed E-state index contributed by atoms with van der Waals surface area (Å²) in [4.78, 5) is 14.2. The highest BCUT2D eigenvalue weighted by Gasteiger charge is 2.28. The van der Waals surface area contributed by atoms with Crippen LogP contribution in [0.15, 0.2) is 0 Å². The number of nitrogens with zero attached hydrogens (tertiary/aromatic N) is 1. The fourth-order valence-electron chi connectivity index (χ4n) is 2.54. The summed E-state index contributed by atoms with van der Waals surface area (Å²) >= 11 is 0. The summed E-state index contributed by atoms with van der Waals surface area (Å²) in [5, 5.41) is 3.25. The average Bonchev–Trinajstić information content (AvgIpc) is 2.97. The van der Waals surface area contributed by atoms with Gasteiger partial charge in [-0.1, -0.05) is 0 Å². The molecular formula is C12H22N2O2. The van der Waals surface area contributed by atoms with Gasteiger partial charge in [0.25, 0.3) is 0 Å². The summed E-state index contributed by atoms with van der Waals surface area (Å²) < 4.78 is 5.36. The molecule has 2 aliphatic rings. The zero-order chi connectivity index (χ0) is 11.4. The third-order valence-electron chi connectivity index (χ3n) is 3.61. The van der Waals surface area contributed by atoms with Gasteiger partial charge < -0.3 is 15.0 Å². The van der Waals surface area contributed by atoms with E-state index in [9.17, 15) is 4.79 Å². The van der Waals surface area contributed by atoms with Crippen LogP contribution in [0, 0.1) is 11.8 Å². The molecule has 1 amide bonds. The average molecular weight is 226 g/mol. The van der Waals surface area contributed by atoms with Crippen molar-refractivity contribution in [2.24, 2.45) is 11.8 Å². The molecule has 2 fully saturated rings. The molecule has 0 saturated carbocycles. The highest BCUT2D eigenvalue weighted by atomic mass is 16.5. The largest absolute Gasteiger partial charge is 0.381 e. The fourth-order valence-corrected chi connectivity index (χ4v) is 2.54. The van der Waals surface area contributed by atoms with Gasteiger partial charge in [0.2, 0.25) is 5.91 Å². The minimum absolute atomic E-state index is 0.210. The number of ether oxygens (including phenoxy) is 1. The Hall–Kier alpha value is -0.610. The summed E-state index contributed by atoms with van der Waals surface area (Å²) in [6.45, 7) is 7.30. The molecule has 4 heteroatoms. The van der Waals surface area contributed by atoms with Crippen LogP contribution in [0.4, 0.5) is 0 Å². The number of carbonyl (C=O) groups excluding carboxylic acids is 1. The Kier molecular flexibility index (Phi) is 4.18. The van der Waals surface area contributed by atoms with Gasteiger partial charge in [0, 0.05) is 32.2 Å². The summed E-state index contributed by atoms with van der Waals surface area (Å²) in [7, 11) is 0. The first-order valence-corrected chi connectivity index (χ1v) is 6.38. The number of rotatable bonds is 4. The molecule has 2 saturated heterocycles. The monoisotopic (exact) mass is 226 g/mol. The quantitative estimate of drug-likeness (QED) is 0.758. The van der Waals surface area contributed by atoms with Crippen LogP contribution in [0.2, 0.25) is 0 Å². The lowest BCUT2D eigenvalue weighted by atomic mass is 10.0. The van der Waals surface area contributed by atoms with Crippen LogP contribution in [-0.2, 0) is 9.53 Å². The van der Waals surface area contributed by atoms with Crippen LogP contribution in [0.1, 0.15) is 19.8 Å². The Morgan fingerprint density at radius 2 is 2.38 bits per heavy atom. The molecule has 2 aliphatic heterocycles. The molecule has 2 heterocycles. The van der Waals surface area contributed by atoms with Crippen molar-refractivity contribution in [3.05, 3.63) is 0 Å². The van der Waals surface area contributed by atoms with E-state index in [1.807, 2.05) is 4.90 Å². The Bertz CT molecular complexity index is 233. The summed E-state index contributed by atoms with van der Waals surface area (Å²) in [5.41, 5.74) is 0. The van der Waals surface area contributed by atoms with Crippen LogP contribution in [-0.4, -0.2) is 50.2 Å². The molecule has 2 atom stereocenters. The number of carbonyl (C=O) groups is 1. The maximum Gasteiger partial charge on any atom is 0.227 e. The van der Waals surface area contributed by atoms with E-state index in [0.717, 1.165) is 52.2 Å². The standard InChI is InChI=1S/C12H22N2O2/c1-2-14(8-10-4-6-16-9-10)12(15)11-3-5-13-7-11/h10-11,13H,2-9H2,1H3. The molecule has 0 aliphatic carbocycles. The van der Waals surface area contributed by atoms with Crippen molar-refractivity contribution in [2.45, 2.75) is 19.8 Å². The molecular weight excluding hydrogens is 204 g/mol. The second-order valence-corrected chi connectivity index (χ2v) is 4.80. The minimum Gasteiger partial charge on any atom is -0.381 e. The number of hydrogen-bond donors (Lipinski definition) is 1. The molecule has 16 heavy (non-hydrogen) atoms. The maximum absolute atomic E-state index is 12.2. The Balaban J connectivity index is 1.84. The Morgan fingerprint density at radius 3 is 2.94 bits per heavy atom. The van der Waals surface area contributed by atoms with Crippen LogP contribution >= 0.6 is 0 Å². The second kappa shape index (κ2) is 5.64. The molecule has 92 valence electrons. The number of hydrogen-bond acceptors (Lipinski definition) is 3. The van der Waals surface area contributed by atoms with E-state index in [1.54, 1.807) is 0 Å². The van der Waals surface area contributed by atoms with E-state index in [0.29, 0.717) is 11.8 Å². The van der Waals surface area contributed by atoms with Gasteiger partial charge in [-0.15, -0.1) is 0 Å². The molecule has 0 radical (unpaired) electrons. The predicted octanol–water partition coefficient (Wildman–Crippen LogP) is 0.481. The van der Waals surface area contributed by atoms with Crippen LogP contribution in [0.3, 0.4) is 0 Å². The van der Waals surface area contributed by atoms with Crippen molar-refractivity contribution in [1.82, 2.24) is 10.2 Å². The smallest absolute Gasteiger partial charge is 0.227 e. The van der Waals surface area contributed by atoms with Crippen molar-refractivity contribution in [3.8, 4) is 0 Å². The Labute approximate surface area is 97.3 Å². The zero-order valence-corrected chi connectivity index (χ0v) is 10.1. The van der Waals surface area contributed by atoms with E-state index in [-0.39, 0.29) is 5.92 Å². The van der Waals surface area contributed by atoms with Gasteiger partial charge >= 0.3 is 0 Å². The van der Waals surface area contributed by atoms with Crippen molar-refractivity contribution >= 4 is 5.91 Å². The van der Waals surface area contributed by atoms with Crippen molar-refractivity contribution in [3.63, 3.8) is 0 Å². The molecule has 0 spiro atoms. The van der Waals surface area contributed by atoms with E-state index >= 15 is 0 Å². The minimum atomic E-state index is 0.210. The van der Waals surface area contributed by atoms with Crippen LogP contribution in [0.25, 0.3) is 0 Å². The van der Waals surface area contributed by atoms with E-state index < -0.39 is 0 Å². The van der Waals surface area contributed by atoms with Crippen molar-refractivity contribution in [1.29, 1.82) is 0 Å². The SMILES string of the molecule is CCN(CC1CCOC1)C(=O)C1CCNC1. The summed E-state index contributed by atoms with van der Waals surface area (Å²) in [6, 6.07) is 0. The summed E-state index contributed by atoms with van der Waals surface area (Å²) in [6.07, 6.45) is 2.10. The lowest BCUT2D eigenvalue weighted by Gasteiger charge is -2.26. The number of amides is 1. The van der Waals surface area contributed by atoms with Gasteiger partial charge in [-0.2, -0.15) is 0 Å². The normalized spacial score (nSPS) is 29.6. The van der Waals surface area contributed by atoms with E-state index in [4.69, 9.17) is 4.74 Å². The van der Waals surface area contributed by atoms with Gasteiger partial charge in [-0.05, 0) is 26.3 Å². The number of nitrogens with one attached hydrogen (secondary N) is 1. The fraction of sp³-hybridized carbons (Fsp3) is 0.917. The lowest BCUT2D eigenvalue weighted by molar-refractivity contribution is -0.135. The lowest BCUT2D eigenvalue weighted by Crippen LogP contribution is -2.40. The Morgan fingerprint density at radius 1 is 1.50 bits per heavy atom. The summed E-state index contributed by atoms with van der Waals surface area (Å²) in [5.74, 6) is 1.10. The molecule has 1 N–H and O–H groups in total. The third-order valence-corrected chi connectivity index (χ3v) is 3.61. The maximum atomic E-state index is 12.2. The molecule has 0 aromatic carbocycles. The molecule has 0 bridgehead atoms. The molecule has 0 aromatic heterocycles. The first kappa shape index (κ1) is 11.9. The van der Waals surface area contributed by atoms with Gasteiger partial charge in [-0.3, -0.25) is 4.79 Å². The molecule has 4 nitrogen and oxygen atoms in total. The first-order valence-electron chi connectivity index (χ1n) is 6.38. The third kappa shape index (κ3) is 2.74. The van der Waals surface area contributed by atoms with E-state index in [1.165, 1.54) is 0 Å². The van der Waals surface area contributed by atoms with Gasteiger partial charge in [-0.25, -0.2) is 0 Å². The zero-order valence-electron chi connectivity index (χ0n) is 10.1. The molecule has 2 unspecified atom stereocenters. The molecule has 2 rings (SSSR count). The van der Waals surface area contributed by atoms with Gasteiger partial charge in [0.15, 0.2) is 0 Å². The van der Waals surface area contributed by atoms with Crippen LogP contribution in [0.5, 0.6) is 0 Å². The predicted molar refractivity (Wildman–Crippen MR) is 62.2 cm³/mol.